The zero-order valence-electron chi connectivity index (χ0n) is 42.6. The maximum absolute atomic E-state index is 12.8. The van der Waals surface area contributed by atoms with Crippen LogP contribution in [0.3, 0.4) is 0 Å². The number of ether oxygens (including phenoxy) is 2. The molecule has 0 aromatic rings. The second-order valence-electron chi connectivity index (χ2n) is 18.2. The van der Waals surface area contributed by atoms with Crippen LogP contribution in [0, 0.1) is 0 Å². The Bertz CT molecular complexity index is 1440. The van der Waals surface area contributed by atoms with E-state index < -0.39 is 26.5 Å². The van der Waals surface area contributed by atoms with Crippen molar-refractivity contribution in [1.29, 1.82) is 0 Å². The van der Waals surface area contributed by atoms with Crippen LogP contribution in [-0.4, -0.2) is 74.9 Å². The topological polar surface area (TPSA) is 108 Å². The lowest BCUT2D eigenvalue weighted by molar-refractivity contribution is -0.870. The fourth-order valence-corrected chi connectivity index (χ4v) is 7.32. The van der Waals surface area contributed by atoms with E-state index in [4.69, 9.17) is 18.5 Å². The predicted molar refractivity (Wildman–Crippen MR) is 279 cm³/mol. The van der Waals surface area contributed by atoms with Gasteiger partial charge < -0.3 is 18.9 Å². The van der Waals surface area contributed by atoms with E-state index in [1.165, 1.54) is 70.6 Å². The van der Waals surface area contributed by atoms with Gasteiger partial charge in [-0.25, -0.2) is 4.57 Å². The van der Waals surface area contributed by atoms with E-state index in [9.17, 15) is 19.0 Å². The molecule has 378 valence electrons. The first-order valence-electron chi connectivity index (χ1n) is 26.0. The molecule has 0 saturated carbocycles. The number of unbranched alkanes of at least 4 members (excludes halogenated alkanes) is 16. The normalized spacial score (nSPS) is 14.2. The fraction of sp³-hybridized carbons (Fsp3) is 0.679. The van der Waals surface area contributed by atoms with Gasteiger partial charge in [-0.2, -0.15) is 0 Å². The Kier molecular flexibility index (Phi) is 44.8. The molecule has 0 aromatic carbocycles. The predicted octanol–water partition coefficient (Wildman–Crippen LogP) is 15.7. The minimum absolute atomic E-state index is 0.0170. The summed E-state index contributed by atoms with van der Waals surface area (Å²) in [7, 11) is 1.43. The van der Waals surface area contributed by atoms with E-state index in [-0.39, 0.29) is 32.0 Å². The first kappa shape index (κ1) is 62.9. The lowest BCUT2D eigenvalue weighted by Crippen LogP contribution is -2.37. The summed E-state index contributed by atoms with van der Waals surface area (Å²) in [6.07, 6.45) is 63.2. The van der Waals surface area contributed by atoms with E-state index in [1.807, 2.05) is 21.1 Å². The number of carbonyl (C=O) groups is 2. The van der Waals surface area contributed by atoms with Crippen molar-refractivity contribution in [3.05, 3.63) is 97.2 Å². The summed E-state index contributed by atoms with van der Waals surface area (Å²) >= 11 is 0. The van der Waals surface area contributed by atoms with E-state index in [2.05, 4.69) is 111 Å². The molecule has 2 atom stereocenters. The Morgan fingerprint density at radius 2 is 0.864 bits per heavy atom. The molecule has 0 radical (unpaired) electrons. The van der Waals surface area contributed by atoms with Crippen LogP contribution < -0.4 is 0 Å². The molecule has 0 amide bonds. The molecule has 10 heteroatoms. The quantitative estimate of drug-likeness (QED) is 0.0211. The number of nitrogens with zero attached hydrogens (tertiary/aromatic N) is 1. The van der Waals surface area contributed by atoms with Crippen molar-refractivity contribution in [2.45, 2.75) is 200 Å². The maximum atomic E-state index is 12.8. The number of phosphoric acid groups is 1. The van der Waals surface area contributed by atoms with Gasteiger partial charge in [0.25, 0.3) is 0 Å². The highest BCUT2D eigenvalue weighted by atomic mass is 31.2. The molecular formula is C56H97NO8P+. The third kappa shape index (κ3) is 50.3. The van der Waals surface area contributed by atoms with Crippen LogP contribution in [-0.2, 0) is 32.7 Å². The Labute approximate surface area is 404 Å². The molecule has 0 aliphatic rings. The highest BCUT2D eigenvalue weighted by Gasteiger charge is 2.27. The van der Waals surface area contributed by atoms with Gasteiger partial charge in [0.05, 0.1) is 27.7 Å². The van der Waals surface area contributed by atoms with Crippen molar-refractivity contribution in [2.75, 3.05) is 47.5 Å². The number of esters is 2. The third-order valence-electron chi connectivity index (χ3n) is 10.6. The van der Waals surface area contributed by atoms with Gasteiger partial charge in [-0.3, -0.25) is 18.6 Å². The Morgan fingerprint density at radius 1 is 0.485 bits per heavy atom. The minimum atomic E-state index is -4.40. The number of hydrogen-bond donors (Lipinski definition) is 1. The van der Waals surface area contributed by atoms with Gasteiger partial charge in [0.1, 0.15) is 19.8 Å². The van der Waals surface area contributed by atoms with Gasteiger partial charge in [0, 0.05) is 12.8 Å². The molecule has 0 saturated heterocycles. The van der Waals surface area contributed by atoms with Gasteiger partial charge in [-0.1, -0.05) is 182 Å². The van der Waals surface area contributed by atoms with E-state index in [0.29, 0.717) is 17.4 Å². The fourth-order valence-electron chi connectivity index (χ4n) is 6.58. The number of hydrogen-bond acceptors (Lipinski definition) is 7. The largest absolute Gasteiger partial charge is 0.472 e. The van der Waals surface area contributed by atoms with Crippen LogP contribution in [0.25, 0.3) is 0 Å². The first-order chi connectivity index (χ1) is 32.0. The molecule has 0 rings (SSSR count). The smallest absolute Gasteiger partial charge is 0.462 e. The van der Waals surface area contributed by atoms with Crippen molar-refractivity contribution >= 4 is 19.8 Å². The number of carbonyl (C=O) groups excluding carboxylic acids is 2. The van der Waals surface area contributed by atoms with Crippen LogP contribution in [0.15, 0.2) is 97.2 Å². The van der Waals surface area contributed by atoms with Crippen LogP contribution >= 0.6 is 7.82 Å². The minimum Gasteiger partial charge on any atom is -0.462 e. The Morgan fingerprint density at radius 3 is 1.32 bits per heavy atom. The second-order valence-corrected chi connectivity index (χ2v) is 19.6. The van der Waals surface area contributed by atoms with E-state index >= 15 is 0 Å². The molecule has 2 unspecified atom stereocenters. The van der Waals surface area contributed by atoms with Crippen LogP contribution in [0.2, 0.25) is 0 Å². The van der Waals surface area contributed by atoms with Crippen molar-refractivity contribution in [3.8, 4) is 0 Å². The van der Waals surface area contributed by atoms with Crippen molar-refractivity contribution in [2.24, 2.45) is 0 Å². The average Bonchev–Trinajstić information content (AvgIpc) is 3.27. The number of phosphoric ester groups is 1. The van der Waals surface area contributed by atoms with Gasteiger partial charge in [0.2, 0.25) is 0 Å². The number of quaternary nitrogens is 1. The summed E-state index contributed by atoms with van der Waals surface area (Å²) in [5.74, 6) is -0.860. The standard InChI is InChI=1S/C56H96NO8P/c1-6-8-10-12-14-16-18-20-22-24-26-28-30-32-34-36-38-40-42-44-46-48-55(58)62-52-54(53-64-66(60,61)63-51-50-57(3,4)5)65-56(59)49-47-45-43-41-39-37-35-33-31-29-27-25-23-21-19-17-15-13-11-9-7-2/h9,11,15,17-18,20-21,23-24,26-27,29,33,35,39,41,54H,6-8,10,12-14,16,19,22,25,28,30-32,34,36-38,40,42-53H2,1-5H3/p+1/b11-9-,17-15-,20-18-,23-21-,26-24-,29-27-,35-33-,41-39-. The molecule has 0 aliphatic carbocycles. The molecule has 0 spiro atoms. The second kappa shape index (κ2) is 47.0. The van der Waals surface area contributed by atoms with Gasteiger partial charge >= 0.3 is 19.8 Å². The van der Waals surface area contributed by atoms with Crippen LogP contribution in [0.4, 0.5) is 0 Å². The number of likely N-dealkylation sites (N-methyl/N-ethyl adjacent to an activating group) is 1. The van der Waals surface area contributed by atoms with Crippen LogP contribution in [0.5, 0.6) is 0 Å². The van der Waals surface area contributed by atoms with Crippen molar-refractivity contribution in [3.63, 3.8) is 0 Å². The molecule has 0 bridgehead atoms. The molecule has 66 heavy (non-hydrogen) atoms. The number of rotatable bonds is 46. The van der Waals surface area contributed by atoms with Crippen molar-refractivity contribution in [1.82, 2.24) is 0 Å². The number of allylic oxidation sites excluding steroid dienone is 16. The lowest BCUT2D eigenvalue weighted by atomic mass is 10.1. The molecular weight excluding hydrogens is 846 g/mol. The summed E-state index contributed by atoms with van der Waals surface area (Å²) in [6.45, 7) is 4.24. The third-order valence-corrected chi connectivity index (χ3v) is 11.6. The molecule has 0 aliphatic heterocycles. The zero-order chi connectivity index (χ0) is 48.5. The maximum Gasteiger partial charge on any atom is 0.472 e. The molecule has 0 aromatic heterocycles. The molecule has 1 N–H and O–H groups in total. The first-order valence-corrected chi connectivity index (χ1v) is 27.5. The van der Waals surface area contributed by atoms with E-state index in [0.717, 1.165) is 89.9 Å². The highest BCUT2D eigenvalue weighted by Crippen LogP contribution is 2.43. The highest BCUT2D eigenvalue weighted by molar-refractivity contribution is 7.47. The molecule has 0 heterocycles. The van der Waals surface area contributed by atoms with Gasteiger partial charge in [-0.15, -0.1) is 0 Å². The lowest BCUT2D eigenvalue weighted by Gasteiger charge is -2.24. The molecule has 0 fully saturated rings. The van der Waals surface area contributed by atoms with Crippen molar-refractivity contribution < 1.29 is 42.1 Å². The van der Waals surface area contributed by atoms with Gasteiger partial charge in [-0.05, 0) is 96.3 Å². The summed E-state index contributed by atoms with van der Waals surface area (Å²) in [4.78, 5) is 35.6. The van der Waals surface area contributed by atoms with Gasteiger partial charge in [0.15, 0.2) is 6.10 Å². The van der Waals surface area contributed by atoms with Crippen LogP contribution in [0.1, 0.15) is 194 Å². The Balaban J connectivity index is 4.36. The summed E-state index contributed by atoms with van der Waals surface area (Å²) < 4.78 is 34.4. The average molecular weight is 943 g/mol. The van der Waals surface area contributed by atoms with E-state index in [1.54, 1.807) is 0 Å². The summed E-state index contributed by atoms with van der Waals surface area (Å²) in [5, 5.41) is 0. The molecule has 9 nitrogen and oxygen atoms in total. The zero-order valence-corrected chi connectivity index (χ0v) is 43.5. The summed E-state index contributed by atoms with van der Waals surface area (Å²) in [6, 6.07) is 0. The Hall–Kier alpha value is -3.07. The SMILES string of the molecule is CC/C=C\C/C=C\C/C=C\C/C=C\C/C=C\C/C=C\CCCCC(=O)OC(COC(=O)CCCCCCCCCCC/C=C\C/C=C\CCCCCCC)COP(=O)(O)OCC[N+](C)(C)C. The summed E-state index contributed by atoms with van der Waals surface area (Å²) in [5.41, 5.74) is 0. The monoisotopic (exact) mass is 943 g/mol.